The van der Waals surface area contributed by atoms with E-state index in [0.29, 0.717) is 0 Å². The van der Waals surface area contributed by atoms with E-state index in [1.165, 1.54) is 0 Å². The molecule has 4 heteroatoms. The van der Waals surface area contributed by atoms with Gasteiger partial charge < -0.3 is 8.85 Å². The molecular weight excluding hydrogens is 352 g/mol. The molecular formula is C22H32O2Si2. The average molecular weight is 385 g/mol. The largest absolute Gasteiger partial charge is 0.540 e. The van der Waals surface area contributed by atoms with Crippen molar-refractivity contribution in [2.24, 2.45) is 0 Å². The van der Waals surface area contributed by atoms with E-state index < -0.39 is 16.6 Å². The van der Waals surface area contributed by atoms with E-state index in [0.717, 1.165) is 35.7 Å². The highest BCUT2D eigenvalue weighted by molar-refractivity contribution is 6.84. The second kappa shape index (κ2) is 9.79. The Labute approximate surface area is 161 Å². The van der Waals surface area contributed by atoms with Crippen LogP contribution in [0.5, 0.6) is 11.5 Å². The highest BCUT2D eigenvalue weighted by Gasteiger charge is 2.35. The lowest BCUT2D eigenvalue weighted by Gasteiger charge is -2.31. The van der Waals surface area contributed by atoms with E-state index in [-0.39, 0.29) is 0 Å². The summed E-state index contributed by atoms with van der Waals surface area (Å²) in [6.07, 6.45) is 0. The second-order valence-corrected chi connectivity index (χ2v) is 14.9. The minimum Gasteiger partial charge on any atom is -0.540 e. The molecule has 2 rings (SSSR count). The van der Waals surface area contributed by atoms with Crippen LogP contribution in [0.3, 0.4) is 0 Å². The molecule has 0 aliphatic heterocycles. The van der Waals surface area contributed by atoms with E-state index in [1.807, 2.05) is 36.4 Å². The van der Waals surface area contributed by atoms with E-state index in [4.69, 9.17) is 8.85 Å². The topological polar surface area (TPSA) is 18.5 Å². The number of rotatable bonds is 10. The van der Waals surface area contributed by atoms with Crippen LogP contribution in [0.1, 0.15) is 27.7 Å². The minimum absolute atomic E-state index is 0.983. The van der Waals surface area contributed by atoms with Crippen molar-refractivity contribution in [2.75, 3.05) is 0 Å². The average Bonchev–Trinajstić information content (AvgIpc) is 2.71. The predicted molar refractivity (Wildman–Crippen MR) is 117 cm³/mol. The van der Waals surface area contributed by atoms with Gasteiger partial charge in [-0.25, -0.2) is 0 Å². The molecule has 0 spiro atoms. The fourth-order valence-electron chi connectivity index (χ4n) is 3.08. The molecule has 0 atom stereocenters. The van der Waals surface area contributed by atoms with Crippen LogP contribution in [0.4, 0.5) is 0 Å². The normalized spacial score (nSPS) is 12.3. The van der Waals surface area contributed by atoms with E-state index >= 15 is 0 Å². The highest BCUT2D eigenvalue weighted by atomic mass is 28.4. The zero-order valence-electron chi connectivity index (χ0n) is 16.6. The maximum atomic E-state index is 6.55. The van der Waals surface area contributed by atoms with Crippen molar-refractivity contribution < 1.29 is 8.85 Å². The van der Waals surface area contributed by atoms with Crippen molar-refractivity contribution in [2.45, 2.75) is 51.9 Å². The summed E-state index contributed by atoms with van der Waals surface area (Å²) in [6.45, 7) is 9.01. The SMILES string of the molecule is CC[Si](C=C[Si](CC)(CC)Oc1ccccc1)(CC)Oc1ccccc1. The third kappa shape index (κ3) is 5.35. The summed E-state index contributed by atoms with van der Waals surface area (Å²) in [7, 11) is -3.94. The van der Waals surface area contributed by atoms with Crippen LogP contribution in [0, 0.1) is 0 Å². The Balaban J connectivity index is 2.26. The van der Waals surface area contributed by atoms with Crippen molar-refractivity contribution >= 4 is 16.6 Å². The minimum atomic E-state index is -1.97. The van der Waals surface area contributed by atoms with Crippen molar-refractivity contribution in [3.05, 3.63) is 72.1 Å². The molecule has 0 N–H and O–H groups in total. The van der Waals surface area contributed by atoms with Crippen LogP contribution in [-0.2, 0) is 0 Å². The van der Waals surface area contributed by atoms with Crippen LogP contribution < -0.4 is 8.85 Å². The summed E-state index contributed by atoms with van der Waals surface area (Å²) in [4.78, 5) is 0. The molecule has 0 aliphatic carbocycles. The first-order chi connectivity index (χ1) is 12.6. The molecule has 0 unspecified atom stereocenters. The van der Waals surface area contributed by atoms with Gasteiger partial charge in [0.1, 0.15) is 11.5 Å². The van der Waals surface area contributed by atoms with Gasteiger partial charge in [0.2, 0.25) is 0 Å². The summed E-state index contributed by atoms with van der Waals surface area (Å²) in [6, 6.07) is 24.7. The Morgan fingerprint density at radius 2 is 0.885 bits per heavy atom. The molecule has 0 aliphatic rings. The fraction of sp³-hybridized carbons (Fsp3) is 0.364. The van der Waals surface area contributed by atoms with Crippen LogP contribution in [0.15, 0.2) is 72.1 Å². The summed E-state index contributed by atoms with van der Waals surface area (Å²) < 4.78 is 13.1. The van der Waals surface area contributed by atoms with E-state index in [2.05, 4.69) is 63.4 Å². The Kier molecular flexibility index (Phi) is 7.72. The molecule has 0 radical (unpaired) electrons. The Morgan fingerprint density at radius 1 is 0.577 bits per heavy atom. The quantitative estimate of drug-likeness (QED) is 0.422. The monoisotopic (exact) mass is 384 g/mol. The number of hydrogen-bond donors (Lipinski definition) is 0. The van der Waals surface area contributed by atoms with Crippen molar-refractivity contribution in [3.63, 3.8) is 0 Å². The fourth-order valence-corrected chi connectivity index (χ4v) is 9.38. The van der Waals surface area contributed by atoms with Gasteiger partial charge in [-0.15, -0.1) is 0 Å². The molecule has 0 bridgehead atoms. The van der Waals surface area contributed by atoms with Gasteiger partial charge in [0, 0.05) is 0 Å². The first-order valence-corrected chi connectivity index (χ1v) is 14.6. The molecule has 0 heterocycles. The lowest BCUT2D eigenvalue weighted by Crippen LogP contribution is -2.43. The lowest BCUT2D eigenvalue weighted by molar-refractivity contribution is 0.542. The molecule has 0 aromatic heterocycles. The molecule has 0 amide bonds. The smallest absolute Gasteiger partial charge is 0.274 e. The first-order valence-electron chi connectivity index (χ1n) is 9.79. The highest BCUT2D eigenvalue weighted by Crippen LogP contribution is 2.27. The Hall–Kier alpha value is -1.79. The Bertz CT molecular complexity index is 604. The first kappa shape index (κ1) is 20.5. The molecule has 0 fully saturated rings. The van der Waals surface area contributed by atoms with Gasteiger partial charge in [-0.2, -0.15) is 0 Å². The molecule has 26 heavy (non-hydrogen) atoms. The number of benzene rings is 2. The third-order valence-corrected chi connectivity index (χ3v) is 13.2. The van der Waals surface area contributed by atoms with E-state index in [1.54, 1.807) is 0 Å². The van der Waals surface area contributed by atoms with Crippen LogP contribution in [0.25, 0.3) is 0 Å². The standard InChI is InChI=1S/C22H32O2Si2/c1-5-25(6-2,23-21-15-11-9-12-16-21)19-20-26(7-3,8-4)24-22-17-13-10-14-18-22/h9-20H,5-8H2,1-4H3. The maximum absolute atomic E-state index is 6.55. The van der Waals surface area contributed by atoms with Gasteiger partial charge in [-0.3, -0.25) is 0 Å². The lowest BCUT2D eigenvalue weighted by atomic mass is 10.3. The zero-order valence-corrected chi connectivity index (χ0v) is 18.6. The maximum Gasteiger partial charge on any atom is 0.274 e. The molecule has 2 aromatic rings. The molecule has 2 aromatic carbocycles. The van der Waals surface area contributed by atoms with Crippen LogP contribution >= 0.6 is 0 Å². The van der Waals surface area contributed by atoms with Crippen molar-refractivity contribution in [1.82, 2.24) is 0 Å². The molecule has 2 nitrogen and oxygen atoms in total. The second-order valence-electron chi connectivity index (χ2n) is 6.71. The van der Waals surface area contributed by atoms with Crippen LogP contribution in [0.2, 0.25) is 24.2 Å². The van der Waals surface area contributed by atoms with E-state index in [9.17, 15) is 0 Å². The van der Waals surface area contributed by atoms with Gasteiger partial charge in [0.25, 0.3) is 16.6 Å². The predicted octanol–water partition coefficient (Wildman–Crippen LogP) is 6.75. The van der Waals surface area contributed by atoms with Crippen molar-refractivity contribution in [3.8, 4) is 11.5 Å². The van der Waals surface area contributed by atoms with Gasteiger partial charge in [0.05, 0.1) is 0 Å². The third-order valence-electron chi connectivity index (χ3n) is 5.21. The Morgan fingerprint density at radius 3 is 1.15 bits per heavy atom. The van der Waals surface area contributed by atoms with Crippen LogP contribution in [-0.4, -0.2) is 16.6 Å². The van der Waals surface area contributed by atoms with Gasteiger partial charge >= 0.3 is 0 Å². The number of hydrogen-bond acceptors (Lipinski definition) is 2. The summed E-state index contributed by atoms with van der Waals surface area (Å²) in [5, 5.41) is 0. The van der Waals surface area contributed by atoms with Gasteiger partial charge in [-0.05, 0) is 48.4 Å². The molecule has 0 saturated heterocycles. The molecule has 140 valence electrons. The summed E-state index contributed by atoms with van der Waals surface area (Å²) >= 11 is 0. The number of para-hydroxylation sites is 2. The van der Waals surface area contributed by atoms with Crippen molar-refractivity contribution in [1.29, 1.82) is 0 Å². The molecule has 0 saturated carbocycles. The van der Waals surface area contributed by atoms with Gasteiger partial charge in [-0.1, -0.05) is 75.5 Å². The summed E-state index contributed by atoms with van der Waals surface area (Å²) in [5.74, 6) is 1.97. The summed E-state index contributed by atoms with van der Waals surface area (Å²) in [5.41, 5.74) is 4.84. The zero-order chi connectivity index (χ0) is 18.9. The van der Waals surface area contributed by atoms with Gasteiger partial charge in [0.15, 0.2) is 0 Å².